The summed E-state index contributed by atoms with van der Waals surface area (Å²) in [7, 11) is -2.35. The second kappa shape index (κ2) is 6.46. The standard InChI is InChI=1S/C17H15NO3S/c1-13-7-9-15(10-8-13)22(19,20)16(12-18)11-14-5-3-4-6-17(14)21-2/h3-11H,1-2H3. The van der Waals surface area contributed by atoms with Crippen molar-refractivity contribution in [2.24, 2.45) is 0 Å². The van der Waals surface area contributed by atoms with Crippen molar-refractivity contribution >= 4 is 15.9 Å². The number of hydrogen-bond acceptors (Lipinski definition) is 4. The summed E-state index contributed by atoms with van der Waals surface area (Å²) in [5.41, 5.74) is 1.49. The molecule has 2 aromatic carbocycles. The van der Waals surface area contributed by atoms with Crippen molar-refractivity contribution in [2.45, 2.75) is 11.8 Å². The number of nitrogens with zero attached hydrogens (tertiary/aromatic N) is 1. The Labute approximate surface area is 130 Å². The molecule has 2 rings (SSSR count). The van der Waals surface area contributed by atoms with Gasteiger partial charge in [0.25, 0.3) is 0 Å². The Kier molecular flexibility index (Phi) is 4.64. The van der Waals surface area contributed by atoms with Crippen LogP contribution in [0.3, 0.4) is 0 Å². The molecule has 0 spiro atoms. The van der Waals surface area contributed by atoms with Gasteiger partial charge in [0, 0.05) is 5.56 Å². The molecule has 112 valence electrons. The van der Waals surface area contributed by atoms with Gasteiger partial charge in [-0.25, -0.2) is 8.42 Å². The van der Waals surface area contributed by atoms with Crippen molar-refractivity contribution in [3.63, 3.8) is 0 Å². The summed E-state index contributed by atoms with van der Waals surface area (Å²) >= 11 is 0. The number of nitriles is 1. The Balaban J connectivity index is 2.54. The number of benzene rings is 2. The van der Waals surface area contributed by atoms with Crippen molar-refractivity contribution in [3.8, 4) is 11.8 Å². The highest BCUT2D eigenvalue weighted by atomic mass is 32.2. The summed E-state index contributed by atoms with van der Waals surface area (Å²) in [5, 5.41) is 9.26. The van der Waals surface area contributed by atoms with Gasteiger partial charge in [0.2, 0.25) is 9.84 Å². The van der Waals surface area contributed by atoms with Crippen LogP contribution >= 0.6 is 0 Å². The predicted molar refractivity (Wildman–Crippen MR) is 84.9 cm³/mol. The molecule has 0 amide bonds. The van der Waals surface area contributed by atoms with Gasteiger partial charge >= 0.3 is 0 Å². The summed E-state index contributed by atoms with van der Waals surface area (Å²) < 4.78 is 30.3. The van der Waals surface area contributed by atoms with Gasteiger partial charge < -0.3 is 4.74 Å². The first kappa shape index (κ1) is 15.8. The average molecular weight is 313 g/mol. The van der Waals surface area contributed by atoms with Gasteiger partial charge in [-0.3, -0.25) is 0 Å². The minimum atomic E-state index is -3.85. The average Bonchev–Trinajstić information content (AvgIpc) is 2.53. The number of ether oxygens (including phenoxy) is 1. The van der Waals surface area contributed by atoms with Crippen LogP contribution in [-0.4, -0.2) is 15.5 Å². The molecule has 2 aromatic rings. The van der Waals surface area contributed by atoms with Gasteiger partial charge in [0.1, 0.15) is 16.7 Å². The van der Waals surface area contributed by atoms with E-state index in [4.69, 9.17) is 4.74 Å². The number of aryl methyl sites for hydroxylation is 1. The topological polar surface area (TPSA) is 67.2 Å². The molecule has 0 atom stereocenters. The van der Waals surface area contributed by atoms with E-state index in [1.54, 1.807) is 42.5 Å². The minimum absolute atomic E-state index is 0.0980. The van der Waals surface area contributed by atoms with E-state index in [-0.39, 0.29) is 9.80 Å². The number of para-hydroxylation sites is 1. The molecule has 0 aliphatic carbocycles. The molecular formula is C17H15NO3S. The van der Waals surface area contributed by atoms with Crippen molar-refractivity contribution < 1.29 is 13.2 Å². The van der Waals surface area contributed by atoms with Crippen molar-refractivity contribution in [2.75, 3.05) is 7.11 Å². The fourth-order valence-corrected chi connectivity index (χ4v) is 3.09. The highest BCUT2D eigenvalue weighted by Gasteiger charge is 2.21. The zero-order valence-corrected chi connectivity index (χ0v) is 13.1. The van der Waals surface area contributed by atoms with Crippen LogP contribution < -0.4 is 4.74 Å². The van der Waals surface area contributed by atoms with Gasteiger partial charge in [0.15, 0.2) is 0 Å². The summed E-state index contributed by atoms with van der Waals surface area (Å²) in [6.45, 7) is 1.87. The van der Waals surface area contributed by atoms with E-state index in [1.807, 2.05) is 6.92 Å². The minimum Gasteiger partial charge on any atom is -0.496 e. The molecule has 0 radical (unpaired) electrons. The molecule has 0 unspecified atom stereocenters. The van der Waals surface area contributed by atoms with Crippen LogP contribution in [0.4, 0.5) is 0 Å². The maximum absolute atomic E-state index is 12.5. The summed E-state index contributed by atoms with van der Waals surface area (Å²) in [5.74, 6) is 0.509. The van der Waals surface area contributed by atoms with Gasteiger partial charge in [0.05, 0.1) is 12.0 Å². The summed E-state index contributed by atoms with van der Waals surface area (Å²) in [4.78, 5) is -0.221. The summed E-state index contributed by atoms with van der Waals surface area (Å²) in [6.07, 6.45) is 1.33. The van der Waals surface area contributed by atoms with Crippen molar-refractivity contribution in [1.82, 2.24) is 0 Å². The first-order chi connectivity index (χ1) is 10.5. The van der Waals surface area contributed by atoms with Crippen molar-refractivity contribution in [3.05, 3.63) is 64.6 Å². The lowest BCUT2D eigenvalue weighted by atomic mass is 10.2. The van der Waals surface area contributed by atoms with Gasteiger partial charge in [-0.15, -0.1) is 0 Å². The molecule has 0 N–H and O–H groups in total. The van der Waals surface area contributed by atoms with Crippen LogP contribution in [0.1, 0.15) is 11.1 Å². The van der Waals surface area contributed by atoms with E-state index in [0.717, 1.165) is 5.56 Å². The second-order valence-corrected chi connectivity index (χ2v) is 6.60. The SMILES string of the molecule is COc1ccccc1C=C(C#N)S(=O)(=O)c1ccc(C)cc1. The van der Waals surface area contributed by atoms with Crippen LogP contribution in [0.5, 0.6) is 5.75 Å². The van der Waals surface area contributed by atoms with E-state index >= 15 is 0 Å². The number of rotatable bonds is 4. The van der Waals surface area contributed by atoms with E-state index < -0.39 is 9.84 Å². The quantitative estimate of drug-likeness (QED) is 0.812. The number of hydrogen-bond donors (Lipinski definition) is 0. The monoisotopic (exact) mass is 313 g/mol. The number of allylic oxidation sites excluding steroid dienone is 1. The Morgan fingerprint density at radius 1 is 1.14 bits per heavy atom. The van der Waals surface area contributed by atoms with Crippen molar-refractivity contribution in [1.29, 1.82) is 5.26 Å². The Hall–Kier alpha value is -2.58. The third-order valence-corrected chi connectivity index (χ3v) is 4.84. The fourth-order valence-electron chi connectivity index (χ4n) is 1.94. The first-order valence-corrected chi connectivity index (χ1v) is 8.04. The predicted octanol–water partition coefficient (Wildman–Crippen LogP) is 3.34. The summed E-state index contributed by atoms with van der Waals surface area (Å²) in [6, 6.07) is 15.1. The molecule has 0 saturated carbocycles. The molecule has 0 aliphatic heterocycles. The molecular weight excluding hydrogens is 298 g/mol. The van der Waals surface area contributed by atoms with Gasteiger partial charge in [-0.1, -0.05) is 35.9 Å². The zero-order valence-electron chi connectivity index (χ0n) is 12.3. The smallest absolute Gasteiger partial charge is 0.216 e. The van der Waals surface area contributed by atoms with Gasteiger partial charge in [-0.05, 0) is 31.2 Å². The van der Waals surface area contributed by atoms with Crippen LogP contribution in [-0.2, 0) is 9.84 Å². The maximum atomic E-state index is 12.5. The largest absolute Gasteiger partial charge is 0.496 e. The van der Waals surface area contributed by atoms with Crippen LogP contribution in [0.2, 0.25) is 0 Å². The van der Waals surface area contributed by atoms with Gasteiger partial charge in [-0.2, -0.15) is 5.26 Å². The first-order valence-electron chi connectivity index (χ1n) is 6.55. The van der Waals surface area contributed by atoms with E-state index in [0.29, 0.717) is 11.3 Å². The highest BCUT2D eigenvalue weighted by molar-refractivity contribution is 7.95. The lowest BCUT2D eigenvalue weighted by Gasteiger charge is -2.06. The Bertz CT molecular complexity index is 844. The molecule has 0 aromatic heterocycles. The molecule has 0 fully saturated rings. The normalized spacial score (nSPS) is 11.8. The second-order valence-electron chi connectivity index (χ2n) is 4.68. The Morgan fingerprint density at radius 3 is 2.36 bits per heavy atom. The number of sulfone groups is 1. The molecule has 5 heteroatoms. The fraction of sp³-hybridized carbons (Fsp3) is 0.118. The molecule has 0 bridgehead atoms. The Morgan fingerprint density at radius 2 is 1.77 bits per heavy atom. The van der Waals surface area contributed by atoms with E-state index in [9.17, 15) is 13.7 Å². The molecule has 22 heavy (non-hydrogen) atoms. The third-order valence-electron chi connectivity index (χ3n) is 3.16. The molecule has 0 heterocycles. The number of methoxy groups -OCH3 is 1. The lowest BCUT2D eigenvalue weighted by Crippen LogP contribution is -2.03. The molecule has 0 saturated heterocycles. The van der Waals surface area contributed by atoms with Crippen LogP contribution in [0.25, 0.3) is 6.08 Å². The van der Waals surface area contributed by atoms with E-state index in [1.165, 1.54) is 25.3 Å². The highest BCUT2D eigenvalue weighted by Crippen LogP contribution is 2.25. The zero-order chi connectivity index (χ0) is 16.2. The van der Waals surface area contributed by atoms with Crippen LogP contribution in [0, 0.1) is 18.3 Å². The van der Waals surface area contributed by atoms with E-state index in [2.05, 4.69) is 0 Å². The van der Waals surface area contributed by atoms with Crippen LogP contribution in [0.15, 0.2) is 58.3 Å². The third kappa shape index (κ3) is 3.18. The molecule has 0 aliphatic rings. The lowest BCUT2D eigenvalue weighted by molar-refractivity contribution is 0.414. The maximum Gasteiger partial charge on any atom is 0.216 e. The molecule has 4 nitrogen and oxygen atoms in total.